The molecule has 0 bridgehead atoms. The van der Waals surface area contributed by atoms with Crippen molar-refractivity contribution in [1.82, 2.24) is 15.0 Å². The van der Waals surface area contributed by atoms with Gasteiger partial charge < -0.3 is 10.1 Å². The van der Waals surface area contributed by atoms with Crippen LogP contribution in [0.4, 0.5) is 0 Å². The topological polar surface area (TPSA) is 97.4 Å². The minimum Gasteiger partial charge on any atom is -0.495 e. The van der Waals surface area contributed by atoms with Crippen LogP contribution in [0.5, 0.6) is 5.75 Å². The first-order valence-electron chi connectivity index (χ1n) is 9.49. The Bertz CT molecular complexity index is 1140. The highest BCUT2D eigenvalue weighted by atomic mass is 35.5. The molecule has 0 atom stereocenters. The maximum atomic E-state index is 12.9. The summed E-state index contributed by atoms with van der Waals surface area (Å²) in [5.41, 5.74) is 1.82. The lowest BCUT2D eigenvalue weighted by Crippen LogP contribution is -2.27. The fourth-order valence-electron chi connectivity index (χ4n) is 2.84. The Labute approximate surface area is 186 Å². The van der Waals surface area contributed by atoms with Crippen LogP contribution in [-0.4, -0.2) is 33.0 Å². The number of hydrogen-bond donors (Lipinski definition) is 2. The van der Waals surface area contributed by atoms with Gasteiger partial charge in [0.1, 0.15) is 10.6 Å². The average Bonchev–Trinajstić information content (AvgIpc) is 2.79. The van der Waals surface area contributed by atoms with Gasteiger partial charge in [-0.1, -0.05) is 29.8 Å². The molecule has 162 valence electrons. The number of carbonyl (C=O) groups is 1. The first-order chi connectivity index (χ1) is 14.9. The van der Waals surface area contributed by atoms with E-state index in [2.05, 4.69) is 15.0 Å². The molecular weight excluding hydrogens is 438 g/mol. The Morgan fingerprint density at radius 2 is 1.87 bits per heavy atom. The van der Waals surface area contributed by atoms with Crippen LogP contribution >= 0.6 is 11.6 Å². The van der Waals surface area contributed by atoms with E-state index in [4.69, 9.17) is 16.3 Å². The van der Waals surface area contributed by atoms with Crippen LogP contribution < -0.4 is 14.8 Å². The summed E-state index contributed by atoms with van der Waals surface area (Å²) >= 11 is 5.86. The van der Waals surface area contributed by atoms with Gasteiger partial charge in [-0.2, -0.15) is 0 Å². The normalized spacial score (nSPS) is 11.2. The van der Waals surface area contributed by atoms with Crippen molar-refractivity contribution < 1.29 is 17.9 Å². The Morgan fingerprint density at radius 3 is 2.55 bits per heavy atom. The van der Waals surface area contributed by atoms with Crippen LogP contribution in [0, 0.1) is 0 Å². The monoisotopic (exact) mass is 459 g/mol. The van der Waals surface area contributed by atoms with E-state index in [9.17, 15) is 13.2 Å². The van der Waals surface area contributed by atoms with E-state index in [1.165, 1.54) is 25.3 Å². The molecule has 2 aromatic carbocycles. The number of aromatic nitrogens is 1. The second-order valence-corrected chi connectivity index (χ2v) is 8.82. The van der Waals surface area contributed by atoms with Gasteiger partial charge in [-0.25, -0.2) is 13.1 Å². The van der Waals surface area contributed by atoms with E-state index in [1.807, 2.05) is 18.2 Å². The van der Waals surface area contributed by atoms with Crippen molar-refractivity contribution in [1.29, 1.82) is 0 Å². The van der Waals surface area contributed by atoms with Crippen LogP contribution in [-0.2, 0) is 23.0 Å². The van der Waals surface area contributed by atoms with Gasteiger partial charge in [-0.3, -0.25) is 9.78 Å². The Morgan fingerprint density at radius 1 is 1.10 bits per heavy atom. The van der Waals surface area contributed by atoms with Gasteiger partial charge in [0.25, 0.3) is 5.91 Å². The average molecular weight is 460 g/mol. The van der Waals surface area contributed by atoms with E-state index in [0.717, 1.165) is 11.3 Å². The van der Waals surface area contributed by atoms with Gasteiger partial charge in [-0.05, 0) is 48.0 Å². The number of halogens is 1. The fraction of sp³-hybridized carbons (Fsp3) is 0.182. The molecule has 0 unspecified atom stereocenters. The molecule has 0 fully saturated rings. The smallest absolute Gasteiger partial charge is 0.251 e. The van der Waals surface area contributed by atoms with E-state index >= 15 is 0 Å². The number of nitrogens with one attached hydrogen (secondary N) is 2. The number of amides is 1. The summed E-state index contributed by atoms with van der Waals surface area (Å²) < 4.78 is 33.5. The predicted molar refractivity (Wildman–Crippen MR) is 119 cm³/mol. The highest BCUT2D eigenvalue weighted by molar-refractivity contribution is 7.89. The van der Waals surface area contributed by atoms with E-state index < -0.39 is 10.0 Å². The largest absolute Gasteiger partial charge is 0.495 e. The Balaban J connectivity index is 1.71. The number of hydrogen-bond acceptors (Lipinski definition) is 5. The zero-order valence-electron chi connectivity index (χ0n) is 16.8. The molecule has 0 saturated carbocycles. The lowest BCUT2D eigenvalue weighted by Gasteiger charge is -2.13. The van der Waals surface area contributed by atoms with Crippen molar-refractivity contribution in [3.8, 4) is 5.75 Å². The number of methoxy groups -OCH3 is 1. The number of benzene rings is 2. The maximum absolute atomic E-state index is 12.9. The molecule has 3 aromatic rings. The molecular formula is C22H22ClN3O4S. The third kappa shape index (κ3) is 6.27. The van der Waals surface area contributed by atoms with Crippen LogP contribution in [0.2, 0.25) is 5.02 Å². The predicted octanol–water partition coefficient (Wildman–Crippen LogP) is 3.19. The molecule has 9 heteroatoms. The quantitative estimate of drug-likeness (QED) is 0.512. The second-order valence-electron chi connectivity index (χ2n) is 6.64. The SMILES string of the molecule is COc1ccc(C(=O)NCCc2ccccn2)cc1S(=O)(=O)NCc1ccc(Cl)cc1. The highest BCUT2D eigenvalue weighted by Crippen LogP contribution is 2.25. The third-order valence-corrected chi connectivity index (χ3v) is 6.16. The summed E-state index contributed by atoms with van der Waals surface area (Å²) in [4.78, 5) is 16.6. The molecule has 31 heavy (non-hydrogen) atoms. The second kappa shape index (κ2) is 10.4. The first kappa shape index (κ1) is 22.7. The number of sulfonamides is 1. The summed E-state index contributed by atoms with van der Waals surface area (Å²) in [5, 5.41) is 3.34. The summed E-state index contributed by atoms with van der Waals surface area (Å²) in [7, 11) is -2.55. The first-order valence-corrected chi connectivity index (χ1v) is 11.4. The van der Waals surface area contributed by atoms with Gasteiger partial charge in [0.05, 0.1) is 7.11 Å². The van der Waals surface area contributed by atoms with Crippen molar-refractivity contribution in [2.75, 3.05) is 13.7 Å². The third-order valence-electron chi connectivity index (χ3n) is 4.49. The summed E-state index contributed by atoms with van der Waals surface area (Å²) in [6, 6.07) is 16.7. The van der Waals surface area contributed by atoms with E-state index in [0.29, 0.717) is 18.0 Å². The number of nitrogens with zero attached hydrogens (tertiary/aromatic N) is 1. The molecule has 0 spiro atoms. The molecule has 0 aliphatic heterocycles. The molecule has 2 N–H and O–H groups in total. The minimum atomic E-state index is -3.93. The maximum Gasteiger partial charge on any atom is 0.251 e. The van der Waals surface area contributed by atoms with E-state index in [-0.39, 0.29) is 28.7 Å². The molecule has 0 saturated heterocycles. The molecule has 3 rings (SSSR count). The number of ether oxygens (including phenoxy) is 1. The number of pyridine rings is 1. The lowest BCUT2D eigenvalue weighted by molar-refractivity contribution is 0.0954. The van der Waals surface area contributed by atoms with Crippen LogP contribution in [0.15, 0.2) is 71.8 Å². The molecule has 1 aromatic heterocycles. The van der Waals surface area contributed by atoms with Gasteiger partial charge in [-0.15, -0.1) is 0 Å². The molecule has 0 aliphatic rings. The van der Waals surface area contributed by atoms with Crippen LogP contribution in [0.3, 0.4) is 0 Å². The van der Waals surface area contributed by atoms with Gasteiger partial charge in [0.15, 0.2) is 0 Å². The number of rotatable bonds is 9. The lowest BCUT2D eigenvalue weighted by atomic mass is 10.2. The zero-order valence-corrected chi connectivity index (χ0v) is 18.4. The van der Waals surface area contributed by atoms with Gasteiger partial charge in [0, 0.05) is 42.0 Å². The van der Waals surface area contributed by atoms with Gasteiger partial charge in [0.2, 0.25) is 10.0 Å². The van der Waals surface area contributed by atoms with E-state index in [1.54, 1.807) is 30.5 Å². The summed E-state index contributed by atoms with van der Waals surface area (Å²) in [6.07, 6.45) is 2.26. The molecule has 0 aliphatic carbocycles. The summed E-state index contributed by atoms with van der Waals surface area (Å²) in [5.74, 6) is -0.235. The minimum absolute atomic E-state index is 0.0726. The molecule has 0 radical (unpaired) electrons. The zero-order chi connectivity index (χ0) is 22.3. The highest BCUT2D eigenvalue weighted by Gasteiger charge is 2.21. The Kier molecular flexibility index (Phi) is 7.62. The van der Waals surface area contributed by atoms with Crippen molar-refractivity contribution in [3.63, 3.8) is 0 Å². The van der Waals surface area contributed by atoms with Crippen molar-refractivity contribution >= 4 is 27.5 Å². The molecule has 7 nitrogen and oxygen atoms in total. The molecule has 1 heterocycles. The van der Waals surface area contributed by atoms with Crippen LogP contribution in [0.25, 0.3) is 0 Å². The molecule has 1 amide bonds. The standard InChI is InChI=1S/C22H22ClN3O4S/c1-30-20-10-7-17(22(27)25-13-11-19-4-2-3-12-24-19)14-21(20)31(28,29)26-15-16-5-8-18(23)9-6-16/h2-10,12,14,26H,11,13,15H2,1H3,(H,25,27). The van der Waals surface area contributed by atoms with Crippen LogP contribution in [0.1, 0.15) is 21.6 Å². The van der Waals surface area contributed by atoms with Crippen molar-refractivity contribution in [2.24, 2.45) is 0 Å². The Hall–Kier alpha value is -2.94. The fourth-order valence-corrected chi connectivity index (χ4v) is 4.17. The van der Waals surface area contributed by atoms with Crippen molar-refractivity contribution in [3.05, 3.63) is 88.7 Å². The van der Waals surface area contributed by atoms with Crippen molar-refractivity contribution in [2.45, 2.75) is 17.9 Å². The van der Waals surface area contributed by atoms with Gasteiger partial charge >= 0.3 is 0 Å². The number of carbonyl (C=O) groups excluding carboxylic acids is 1. The summed E-state index contributed by atoms with van der Waals surface area (Å²) in [6.45, 7) is 0.446.